The van der Waals surface area contributed by atoms with Gasteiger partial charge in [0.2, 0.25) is 11.8 Å². The number of piperazine rings is 1. The molecule has 1 saturated heterocycles. The Hall–Kier alpha value is -2.41. The molecule has 2 aromatic rings. The van der Waals surface area contributed by atoms with Crippen molar-refractivity contribution in [3.63, 3.8) is 0 Å². The van der Waals surface area contributed by atoms with E-state index in [1.165, 1.54) is 4.90 Å². The Morgan fingerprint density at radius 1 is 1.19 bits per heavy atom. The molecular formula is C14H13N3O3S. The van der Waals surface area contributed by atoms with Crippen LogP contribution in [0.2, 0.25) is 0 Å². The van der Waals surface area contributed by atoms with Crippen LogP contribution >= 0.6 is 11.3 Å². The van der Waals surface area contributed by atoms with Gasteiger partial charge in [0.25, 0.3) is 0 Å². The summed E-state index contributed by atoms with van der Waals surface area (Å²) in [6, 6.07) is 8.46. The molecule has 1 aromatic heterocycles. The van der Waals surface area contributed by atoms with Crippen LogP contribution < -0.4 is 10.2 Å². The number of hydrogen-bond donors (Lipinski definition) is 2. The van der Waals surface area contributed by atoms with Gasteiger partial charge >= 0.3 is 4.87 Å². The Bertz CT molecular complexity index is 722. The van der Waals surface area contributed by atoms with Crippen LogP contribution in [0.4, 0.5) is 0 Å². The number of carbonyl (C=O) groups is 2. The van der Waals surface area contributed by atoms with E-state index in [0.29, 0.717) is 5.69 Å². The van der Waals surface area contributed by atoms with Gasteiger partial charge in [-0.3, -0.25) is 14.4 Å². The number of nitrogens with zero attached hydrogens (tertiary/aromatic N) is 1. The molecule has 0 aliphatic carbocycles. The van der Waals surface area contributed by atoms with Crippen molar-refractivity contribution in [1.29, 1.82) is 0 Å². The number of benzene rings is 1. The normalized spacial score (nSPS) is 18.7. The fraction of sp³-hybridized carbons (Fsp3) is 0.214. The molecule has 3 rings (SSSR count). The minimum Gasteiger partial charge on any atom is -0.345 e. The summed E-state index contributed by atoms with van der Waals surface area (Å²) in [5.74, 6) is -0.381. The summed E-state index contributed by atoms with van der Waals surface area (Å²) in [5.41, 5.74) is 1.38. The molecule has 0 radical (unpaired) electrons. The second kappa shape index (κ2) is 5.53. The van der Waals surface area contributed by atoms with Crippen molar-refractivity contribution >= 4 is 23.2 Å². The number of amides is 2. The Labute approximate surface area is 124 Å². The highest BCUT2D eigenvalue weighted by atomic mass is 32.1. The summed E-state index contributed by atoms with van der Waals surface area (Å²) in [4.78, 5) is 39.5. The van der Waals surface area contributed by atoms with Gasteiger partial charge in [0.15, 0.2) is 0 Å². The zero-order chi connectivity index (χ0) is 14.8. The smallest absolute Gasteiger partial charge is 0.304 e. The topological polar surface area (TPSA) is 82.3 Å². The third kappa shape index (κ3) is 2.73. The number of carbonyl (C=O) groups excluding carboxylic acids is 2. The number of hydrogen-bond acceptors (Lipinski definition) is 4. The zero-order valence-electron chi connectivity index (χ0n) is 11.0. The van der Waals surface area contributed by atoms with Crippen molar-refractivity contribution in [2.24, 2.45) is 0 Å². The second-order valence-corrected chi connectivity index (χ2v) is 5.57. The number of thiazole rings is 1. The quantitative estimate of drug-likeness (QED) is 0.873. The largest absolute Gasteiger partial charge is 0.345 e. The first kappa shape index (κ1) is 13.6. The summed E-state index contributed by atoms with van der Waals surface area (Å²) in [6.45, 7) is 0.196. The minimum absolute atomic E-state index is 0.0173. The molecule has 1 aromatic carbocycles. The van der Waals surface area contributed by atoms with Crippen molar-refractivity contribution in [2.45, 2.75) is 12.6 Å². The lowest BCUT2D eigenvalue weighted by atomic mass is 10.0. The van der Waals surface area contributed by atoms with Crippen molar-refractivity contribution in [3.05, 3.63) is 56.6 Å². The van der Waals surface area contributed by atoms with Crippen LogP contribution in [0, 0.1) is 0 Å². The number of aromatic nitrogens is 1. The molecule has 2 amide bonds. The Balaban J connectivity index is 1.94. The van der Waals surface area contributed by atoms with E-state index in [0.717, 1.165) is 16.9 Å². The molecule has 1 aliphatic rings. The summed E-state index contributed by atoms with van der Waals surface area (Å²) >= 11 is 1.04. The van der Waals surface area contributed by atoms with Crippen LogP contribution in [0.15, 0.2) is 40.5 Å². The molecule has 0 spiro atoms. The summed E-state index contributed by atoms with van der Waals surface area (Å²) in [7, 11) is 0. The monoisotopic (exact) mass is 303 g/mol. The molecule has 1 aliphatic heterocycles. The first-order valence-corrected chi connectivity index (χ1v) is 7.32. The van der Waals surface area contributed by atoms with E-state index in [-0.39, 0.29) is 29.8 Å². The standard InChI is InChI=1S/C14H13N3O3S/c18-11-6-15-13(19)12(9-4-2-1-3-5-9)17(11)7-10-8-21-14(20)16-10/h1-5,8,12H,6-7H2,(H,15,19)(H,16,20). The lowest BCUT2D eigenvalue weighted by Crippen LogP contribution is -2.53. The van der Waals surface area contributed by atoms with E-state index >= 15 is 0 Å². The average Bonchev–Trinajstić information content (AvgIpc) is 2.89. The number of H-pyrrole nitrogens is 1. The average molecular weight is 303 g/mol. The van der Waals surface area contributed by atoms with Crippen LogP contribution in [0.1, 0.15) is 17.3 Å². The molecule has 1 unspecified atom stereocenters. The molecular weight excluding hydrogens is 290 g/mol. The molecule has 1 fully saturated rings. The highest BCUT2D eigenvalue weighted by molar-refractivity contribution is 7.07. The van der Waals surface area contributed by atoms with E-state index in [9.17, 15) is 14.4 Å². The van der Waals surface area contributed by atoms with Gasteiger partial charge in [0, 0.05) is 11.1 Å². The van der Waals surface area contributed by atoms with Gasteiger partial charge in [-0.25, -0.2) is 0 Å². The summed E-state index contributed by atoms with van der Waals surface area (Å²) in [5, 5.41) is 4.27. The lowest BCUT2D eigenvalue weighted by Gasteiger charge is -2.34. The second-order valence-electron chi connectivity index (χ2n) is 4.73. The lowest BCUT2D eigenvalue weighted by molar-refractivity contribution is -0.146. The minimum atomic E-state index is -0.671. The highest BCUT2D eigenvalue weighted by Crippen LogP contribution is 2.25. The third-order valence-corrected chi connectivity index (χ3v) is 4.04. The summed E-state index contributed by atoms with van der Waals surface area (Å²) in [6.07, 6.45) is 0. The number of nitrogens with one attached hydrogen (secondary N) is 2. The van der Waals surface area contributed by atoms with Crippen molar-refractivity contribution in [2.75, 3.05) is 6.54 Å². The first-order chi connectivity index (χ1) is 10.1. The molecule has 0 bridgehead atoms. The Kier molecular flexibility index (Phi) is 3.57. The molecule has 21 heavy (non-hydrogen) atoms. The van der Waals surface area contributed by atoms with E-state index < -0.39 is 6.04 Å². The van der Waals surface area contributed by atoms with E-state index in [2.05, 4.69) is 10.3 Å². The molecule has 108 valence electrons. The van der Waals surface area contributed by atoms with Crippen molar-refractivity contribution < 1.29 is 9.59 Å². The molecule has 1 atom stereocenters. The Morgan fingerprint density at radius 2 is 1.95 bits per heavy atom. The maximum atomic E-state index is 12.2. The van der Waals surface area contributed by atoms with Crippen LogP contribution in [0.5, 0.6) is 0 Å². The van der Waals surface area contributed by atoms with Crippen LogP contribution in [0.3, 0.4) is 0 Å². The van der Waals surface area contributed by atoms with Gasteiger partial charge in [0.1, 0.15) is 6.04 Å². The predicted octanol–water partition coefficient (Wildman–Crippen LogP) is 0.636. The molecule has 2 N–H and O–H groups in total. The highest BCUT2D eigenvalue weighted by Gasteiger charge is 2.35. The van der Waals surface area contributed by atoms with Crippen LogP contribution in [-0.4, -0.2) is 28.2 Å². The Morgan fingerprint density at radius 3 is 2.62 bits per heavy atom. The molecule has 7 heteroatoms. The first-order valence-electron chi connectivity index (χ1n) is 6.44. The number of aromatic amines is 1. The van der Waals surface area contributed by atoms with Gasteiger partial charge in [-0.2, -0.15) is 0 Å². The van der Waals surface area contributed by atoms with Crippen molar-refractivity contribution in [1.82, 2.24) is 15.2 Å². The van der Waals surface area contributed by atoms with Gasteiger partial charge in [-0.15, -0.1) is 0 Å². The van der Waals surface area contributed by atoms with E-state index in [1.807, 2.05) is 30.3 Å². The van der Waals surface area contributed by atoms with Crippen LogP contribution in [0.25, 0.3) is 0 Å². The van der Waals surface area contributed by atoms with Crippen molar-refractivity contribution in [3.8, 4) is 0 Å². The van der Waals surface area contributed by atoms with Crippen LogP contribution in [-0.2, 0) is 16.1 Å². The summed E-state index contributed by atoms with van der Waals surface area (Å²) < 4.78 is 0. The van der Waals surface area contributed by atoms with Gasteiger partial charge in [0.05, 0.1) is 13.1 Å². The van der Waals surface area contributed by atoms with E-state index in [1.54, 1.807) is 5.38 Å². The van der Waals surface area contributed by atoms with Gasteiger partial charge in [-0.1, -0.05) is 41.7 Å². The van der Waals surface area contributed by atoms with Gasteiger partial charge < -0.3 is 15.2 Å². The third-order valence-electron chi connectivity index (χ3n) is 3.32. The SMILES string of the molecule is O=C1NCC(=O)N(Cc2csc(=O)[nH]2)C1c1ccccc1. The zero-order valence-corrected chi connectivity index (χ0v) is 11.9. The number of rotatable bonds is 3. The molecule has 6 nitrogen and oxygen atoms in total. The molecule has 0 saturated carbocycles. The predicted molar refractivity (Wildman–Crippen MR) is 77.7 cm³/mol. The molecule has 2 heterocycles. The van der Waals surface area contributed by atoms with E-state index in [4.69, 9.17) is 0 Å². The maximum Gasteiger partial charge on any atom is 0.304 e. The fourth-order valence-corrected chi connectivity index (χ4v) is 2.94. The maximum absolute atomic E-state index is 12.2. The fourth-order valence-electron chi connectivity index (χ4n) is 2.37. The van der Waals surface area contributed by atoms with Gasteiger partial charge in [-0.05, 0) is 5.56 Å².